The van der Waals surface area contributed by atoms with E-state index >= 15 is 0 Å². The van der Waals surface area contributed by atoms with E-state index in [9.17, 15) is 9.59 Å². The number of rotatable bonds is 12. The quantitative estimate of drug-likeness (QED) is 0.199. The van der Waals surface area contributed by atoms with Gasteiger partial charge in [0.2, 0.25) is 11.8 Å². The highest BCUT2D eigenvalue weighted by molar-refractivity contribution is 5.87. The third-order valence-electron chi connectivity index (χ3n) is 8.81. The van der Waals surface area contributed by atoms with Crippen LogP contribution in [-0.2, 0) is 33.8 Å². The van der Waals surface area contributed by atoms with Gasteiger partial charge < -0.3 is 37.9 Å². The molecule has 4 heterocycles. The van der Waals surface area contributed by atoms with Crippen LogP contribution in [0.15, 0.2) is 84.0 Å². The number of piperidine rings is 1. The SMILES string of the molecule is C=CC(=O)N(CCc1ccco1)Cc1ccc(OC)cc1OC.COc1ccc(CN2CC[C@@]34C=C[C@@H](C[C@@H]3C2=O)O4)c(OC)c1. The molecule has 2 bridgehead atoms. The fourth-order valence-electron chi connectivity index (χ4n) is 6.28. The molecule has 6 rings (SSSR count). The Morgan fingerprint density at radius 1 is 1.02 bits per heavy atom. The zero-order chi connectivity index (χ0) is 32.7. The zero-order valence-corrected chi connectivity index (χ0v) is 26.9. The summed E-state index contributed by atoms with van der Waals surface area (Å²) < 4.78 is 32.6. The van der Waals surface area contributed by atoms with Crippen LogP contribution in [0.3, 0.4) is 0 Å². The molecule has 3 aliphatic heterocycles. The number of hydrogen-bond acceptors (Lipinski definition) is 8. The van der Waals surface area contributed by atoms with Gasteiger partial charge >= 0.3 is 0 Å². The average molecular weight is 631 g/mol. The topological polar surface area (TPSA) is 99.9 Å². The lowest BCUT2D eigenvalue weighted by molar-refractivity contribution is -0.147. The van der Waals surface area contributed by atoms with Crippen LogP contribution in [0.4, 0.5) is 0 Å². The molecule has 1 aromatic heterocycles. The van der Waals surface area contributed by atoms with Crippen molar-refractivity contribution >= 4 is 11.8 Å². The zero-order valence-electron chi connectivity index (χ0n) is 26.9. The summed E-state index contributed by atoms with van der Waals surface area (Å²) in [5.74, 6) is 3.77. The molecule has 46 heavy (non-hydrogen) atoms. The lowest BCUT2D eigenvalue weighted by Gasteiger charge is -2.40. The molecule has 0 N–H and O–H groups in total. The second-order valence-electron chi connectivity index (χ2n) is 11.4. The van der Waals surface area contributed by atoms with Gasteiger partial charge in [0.1, 0.15) is 34.4 Å². The minimum Gasteiger partial charge on any atom is -0.497 e. The van der Waals surface area contributed by atoms with Crippen LogP contribution < -0.4 is 18.9 Å². The molecule has 0 unspecified atom stereocenters. The summed E-state index contributed by atoms with van der Waals surface area (Å²) in [4.78, 5) is 28.6. The maximum Gasteiger partial charge on any atom is 0.246 e. The van der Waals surface area contributed by atoms with Crippen molar-refractivity contribution in [2.45, 2.75) is 44.1 Å². The first-order valence-electron chi connectivity index (χ1n) is 15.3. The van der Waals surface area contributed by atoms with Gasteiger partial charge in [-0.2, -0.15) is 0 Å². The van der Waals surface area contributed by atoms with Gasteiger partial charge in [-0.3, -0.25) is 9.59 Å². The molecule has 244 valence electrons. The van der Waals surface area contributed by atoms with E-state index in [1.165, 1.54) is 6.08 Å². The van der Waals surface area contributed by atoms with Crippen LogP contribution in [-0.4, -0.2) is 74.8 Å². The Hall–Kier alpha value is -4.70. The molecular weight excluding hydrogens is 588 g/mol. The molecule has 2 fully saturated rings. The van der Waals surface area contributed by atoms with Crippen LogP contribution in [0.1, 0.15) is 29.7 Å². The molecule has 0 aliphatic carbocycles. The van der Waals surface area contributed by atoms with Crippen molar-refractivity contribution < 1.29 is 37.7 Å². The van der Waals surface area contributed by atoms with Crippen LogP contribution in [0.5, 0.6) is 23.0 Å². The smallest absolute Gasteiger partial charge is 0.246 e. The van der Waals surface area contributed by atoms with Crippen LogP contribution >= 0.6 is 0 Å². The number of hydrogen-bond donors (Lipinski definition) is 0. The van der Waals surface area contributed by atoms with Gasteiger partial charge in [-0.05, 0) is 55.3 Å². The third-order valence-corrected chi connectivity index (χ3v) is 8.81. The minimum atomic E-state index is -0.331. The van der Waals surface area contributed by atoms with E-state index < -0.39 is 0 Å². The van der Waals surface area contributed by atoms with Crippen LogP contribution in [0.2, 0.25) is 0 Å². The maximum absolute atomic E-state index is 12.9. The summed E-state index contributed by atoms with van der Waals surface area (Å²) in [5.41, 5.74) is 1.57. The van der Waals surface area contributed by atoms with Gasteiger partial charge in [0.15, 0.2) is 0 Å². The highest BCUT2D eigenvalue weighted by atomic mass is 16.5. The van der Waals surface area contributed by atoms with Crippen molar-refractivity contribution in [1.82, 2.24) is 9.80 Å². The van der Waals surface area contributed by atoms with Crippen molar-refractivity contribution in [3.05, 3.63) is 96.5 Å². The van der Waals surface area contributed by atoms with Crippen molar-refractivity contribution in [3.63, 3.8) is 0 Å². The molecule has 1 spiro atoms. The number of amides is 2. The molecule has 2 aromatic carbocycles. The fraction of sp³-hybridized carbons (Fsp3) is 0.389. The molecule has 3 aliphatic rings. The monoisotopic (exact) mass is 630 g/mol. The maximum atomic E-state index is 12.9. The Morgan fingerprint density at radius 3 is 2.33 bits per heavy atom. The Morgan fingerprint density at radius 2 is 1.72 bits per heavy atom. The first-order valence-corrected chi connectivity index (χ1v) is 15.3. The number of ether oxygens (including phenoxy) is 5. The Bertz CT molecular complexity index is 1550. The van der Waals surface area contributed by atoms with Gasteiger partial charge in [0, 0.05) is 55.9 Å². The van der Waals surface area contributed by atoms with Crippen molar-refractivity contribution in [2.24, 2.45) is 5.92 Å². The number of benzene rings is 2. The number of likely N-dealkylation sites (tertiary alicyclic amines) is 1. The molecule has 10 nitrogen and oxygen atoms in total. The van der Waals surface area contributed by atoms with E-state index in [4.69, 9.17) is 28.1 Å². The molecule has 3 aromatic rings. The van der Waals surface area contributed by atoms with Crippen molar-refractivity contribution in [1.29, 1.82) is 0 Å². The normalized spacial score (nSPS) is 20.8. The van der Waals surface area contributed by atoms with Crippen molar-refractivity contribution in [2.75, 3.05) is 41.5 Å². The molecule has 2 saturated heterocycles. The molecule has 0 saturated carbocycles. The molecule has 3 atom stereocenters. The first kappa shape index (κ1) is 32.7. The van der Waals surface area contributed by atoms with Crippen molar-refractivity contribution in [3.8, 4) is 23.0 Å². The molecule has 0 radical (unpaired) electrons. The van der Waals surface area contributed by atoms with Gasteiger partial charge in [0.05, 0.1) is 46.7 Å². The van der Waals surface area contributed by atoms with Gasteiger partial charge in [0.25, 0.3) is 0 Å². The van der Waals surface area contributed by atoms with Crippen LogP contribution in [0.25, 0.3) is 0 Å². The van der Waals surface area contributed by atoms with Gasteiger partial charge in [-0.15, -0.1) is 0 Å². The van der Waals surface area contributed by atoms with E-state index in [1.54, 1.807) is 45.7 Å². The molecular formula is C36H42N2O8. The largest absolute Gasteiger partial charge is 0.497 e. The number of furan rings is 1. The second-order valence-corrected chi connectivity index (χ2v) is 11.4. The third kappa shape index (κ3) is 7.07. The predicted molar refractivity (Wildman–Crippen MR) is 172 cm³/mol. The van der Waals surface area contributed by atoms with E-state index in [-0.39, 0.29) is 29.4 Å². The summed E-state index contributed by atoms with van der Waals surface area (Å²) in [7, 11) is 6.47. The van der Waals surface area contributed by atoms with E-state index in [0.717, 1.165) is 41.2 Å². The number of carbonyl (C=O) groups excluding carboxylic acids is 2. The Balaban J connectivity index is 0.000000181. The first-order chi connectivity index (χ1) is 22.3. The van der Waals surface area contributed by atoms with Gasteiger partial charge in [-0.25, -0.2) is 0 Å². The number of methoxy groups -OCH3 is 4. The average Bonchev–Trinajstić information content (AvgIpc) is 3.85. The van der Waals surface area contributed by atoms with Crippen LogP contribution in [0, 0.1) is 5.92 Å². The second kappa shape index (κ2) is 14.6. The molecule has 2 amide bonds. The fourth-order valence-corrected chi connectivity index (χ4v) is 6.28. The predicted octanol–water partition coefficient (Wildman–Crippen LogP) is 5.20. The summed E-state index contributed by atoms with van der Waals surface area (Å²) in [6.07, 6.45) is 9.60. The summed E-state index contributed by atoms with van der Waals surface area (Å²) in [6.45, 7) is 5.81. The number of fused-ring (bicyclic) bond motifs is 1. The highest BCUT2D eigenvalue weighted by Crippen LogP contribution is 2.48. The highest BCUT2D eigenvalue weighted by Gasteiger charge is 2.56. The van der Waals surface area contributed by atoms with E-state index in [1.807, 2.05) is 47.4 Å². The minimum absolute atomic E-state index is 0.0320. The van der Waals surface area contributed by atoms with E-state index in [0.29, 0.717) is 44.1 Å². The van der Waals surface area contributed by atoms with Gasteiger partial charge in [-0.1, -0.05) is 18.7 Å². The summed E-state index contributed by atoms with van der Waals surface area (Å²) >= 11 is 0. The molecule has 10 heteroatoms. The summed E-state index contributed by atoms with van der Waals surface area (Å²) in [5, 5.41) is 0. The number of nitrogens with zero attached hydrogens (tertiary/aromatic N) is 2. The standard InChI is InChI=1S/2C18H21NO4/c1-21-13-4-3-12(16(10-13)22-2)11-19-8-7-18-6-5-14(23-18)9-15(18)17(19)20;1-4-18(20)19(10-9-15-6-5-11-23-15)13-14-7-8-16(21-2)12-17(14)22-3/h3-6,10,14-15H,7-9,11H2,1-2H3;4-8,11-12H,1,9-10,13H2,2-3H3/t14-,15+,18-;/m0./s1. The lowest BCUT2D eigenvalue weighted by atomic mass is 9.77. The Labute approximate surface area is 270 Å². The Kier molecular flexibility index (Phi) is 10.4. The lowest BCUT2D eigenvalue weighted by Crippen LogP contribution is -2.52. The number of carbonyl (C=O) groups is 2. The summed E-state index contributed by atoms with van der Waals surface area (Å²) in [6, 6.07) is 15.0. The van der Waals surface area contributed by atoms with E-state index in [2.05, 4.69) is 18.7 Å².